The van der Waals surface area contributed by atoms with Crippen molar-refractivity contribution in [1.82, 2.24) is 0 Å². The van der Waals surface area contributed by atoms with Crippen LogP contribution in [0.25, 0.3) is 0 Å². The van der Waals surface area contributed by atoms with Gasteiger partial charge in [0.15, 0.2) is 8.32 Å². The number of ether oxygens (including phenoxy) is 2. The Hall–Kier alpha value is 0.451. The van der Waals surface area contributed by atoms with E-state index in [-0.39, 0.29) is 37.6 Å². The molecule has 0 aromatic carbocycles. The van der Waals surface area contributed by atoms with E-state index >= 15 is 0 Å². The van der Waals surface area contributed by atoms with Crippen LogP contribution in [0.3, 0.4) is 0 Å². The highest BCUT2D eigenvalue weighted by Gasteiger charge is 2.70. The molecule has 0 fully saturated rings. The molecule has 0 rings (SSSR count). The van der Waals surface area contributed by atoms with E-state index in [1.807, 2.05) is 7.11 Å². The van der Waals surface area contributed by atoms with Gasteiger partial charge in [-0.3, -0.25) is 0 Å². The first-order valence-electron chi connectivity index (χ1n) is 23.4. The zero-order valence-corrected chi connectivity index (χ0v) is 44.0. The van der Waals surface area contributed by atoms with Crippen molar-refractivity contribution in [2.75, 3.05) is 20.3 Å². The summed E-state index contributed by atoms with van der Waals surface area (Å²) in [6, 6.07) is 0. The fraction of sp³-hybridized carbons (Fsp3) is 1.00. The molecule has 0 amide bonds. The Morgan fingerprint density at radius 3 is 1.13 bits per heavy atom. The summed E-state index contributed by atoms with van der Waals surface area (Å²) >= 11 is 0. The lowest BCUT2D eigenvalue weighted by Gasteiger charge is -2.67. The van der Waals surface area contributed by atoms with Gasteiger partial charge in [0, 0.05) is 30.4 Å². The molecule has 4 unspecified atom stereocenters. The van der Waals surface area contributed by atoms with Crippen LogP contribution in [0.15, 0.2) is 0 Å². The maximum atomic E-state index is 8.65. The molecule has 0 aliphatic heterocycles. The summed E-state index contributed by atoms with van der Waals surface area (Å²) in [5.74, 6) is 0. The van der Waals surface area contributed by atoms with Crippen LogP contribution in [0, 0.1) is 0 Å². The average Bonchev–Trinajstić information content (AvgIpc) is 3.18. The molecular weight excluding hydrogens is 717 g/mol. The van der Waals surface area contributed by atoms with Gasteiger partial charge in [0.25, 0.3) is 0 Å². The summed E-state index contributed by atoms with van der Waals surface area (Å²) in [7, 11) is -6.00. The summed E-state index contributed by atoms with van der Waals surface area (Å²) in [5, 5.41) is -0.526. The van der Waals surface area contributed by atoms with E-state index in [9.17, 15) is 0 Å². The second-order valence-corrected chi connectivity index (χ2v) is 30.9. The molecule has 0 aromatic heterocycles. The predicted molar refractivity (Wildman–Crippen MR) is 247 cm³/mol. The topological polar surface area (TPSA) is 46.2 Å². The van der Waals surface area contributed by atoms with Crippen molar-refractivity contribution in [1.29, 1.82) is 0 Å². The molecule has 54 heavy (non-hydrogen) atoms. The van der Waals surface area contributed by atoms with Gasteiger partial charge in [-0.1, -0.05) is 117 Å². The molecule has 0 N–H and O–H groups in total. The molecule has 0 bridgehead atoms. The lowest BCUT2D eigenvalue weighted by molar-refractivity contribution is -0.0767. The van der Waals surface area contributed by atoms with Crippen LogP contribution in [0.2, 0.25) is 47.3 Å². The monoisotopic (exact) mass is 817 g/mol. The fourth-order valence-electron chi connectivity index (χ4n) is 12.8. The minimum Gasteiger partial charge on any atom is -0.411 e. The third-order valence-corrected chi connectivity index (χ3v) is 33.2. The lowest BCUT2D eigenvalue weighted by atomic mass is 9.78. The molecule has 326 valence electrons. The molecule has 0 radical (unpaired) electrons. The van der Waals surface area contributed by atoms with Crippen molar-refractivity contribution in [3.8, 4) is 0 Å². The molecule has 5 nitrogen and oxygen atoms in total. The second kappa shape index (κ2) is 22.2. The largest absolute Gasteiger partial charge is 0.411 e. The Balaban J connectivity index is 8.62. The fourth-order valence-corrected chi connectivity index (χ4v) is 28.9. The molecule has 0 saturated carbocycles. The average molecular weight is 818 g/mol. The summed E-state index contributed by atoms with van der Waals surface area (Å²) in [4.78, 5) is 0. The normalized spacial score (nSPS) is 17.7. The zero-order valence-electron chi connectivity index (χ0n) is 41.0. The van der Waals surface area contributed by atoms with Crippen LogP contribution in [0.1, 0.15) is 208 Å². The SMILES string of the molecule is CCOC(CC)(CC)[Si](C)(OC(CC)(CC)C(CC)(CC)[Si](C)(OC(CC)(CC)C(CC)(CC)[Si](C)(C)OC(CC)(CC)CC)C(C)COC)C(C)CC. The Morgan fingerprint density at radius 1 is 0.444 bits per heavy atom. The van der Waals surface area contributed by atoms with Crippen LogP contribution in [0.4, 0.5) is 0 Å². The van der Waals surface area contributed by atoms with Gasteiger partial charge in [-0.2, -0.15) is 0 Å². The number of methoxy groups -OCH3 is 1. The summed E-state index contributed by atoms with van der Waals surface area (Å²) in [5.41, 5.74) is -0.127. The Bertz CT molecular complexity index is 1020. The van der Waals surface area contributed by atoms with E-state index in [0.717, 1.165) is 89.9 Å². The van der Waals surface area contributed by atoms with Crippen molar-refractivity contribution >= 4 is 25.0 Å². The first kappa shape index (κ1) is 54.5. The Morgan fingerprint density at radius 2 is 0.833 bits per heavy atom. The standard InChI is InChI=1S/C46H100O5Si3/c1-23-39(16)54(22,46(35-13,36-14)48-37-15)51-43(29-7,30-8)45(33-11,34-12)53(21,40(17)38-47-18)50-42(27-5,28-6)44(31-9,32-10)52(19,20)49-41(24-2,25-3)26-4/h39-40H,23-38H2,1-22H3. The molecule has 0 aliphatic carbocycles. The Labute approximate surface area is 343 Å². The molecular formula is C46H100O5Si3. The van der Waals surface area contributed by atoms with Crippen molar-refractivity contribution in [2.24, 2.45) is 0 Å². The minimum absolute atomic E-state index is 0.0843. The van der Waals surface area contributed by atoms with Gasteiger partial charge in [0.2, 0.25) is 16.6 Å². The van der Waals surface area contributed by atoms with Crippen LogP contribution in [-0.4, -0.2) is 67.3 Å². The summed E-state index contributed by atoms with van der Waals surface area (Å²) in [6.07, 6.45) is 14.2. The maximum absolute atomic E-state index is 8.65. The van der Waals surface area contributed by atoms with Crippen LogP contribution in [-0.2, 0) is 22.8 Å². The van der Waals surface area contributed by atoms with Crippen molar-refractivity contribution < 1.29 is 22.8 Å². The second-order valence-electron chi connectivity index (χ2n) is 18.1. The van der Waals surface area contributed by atoms with Gasteiger partial charge in [-0.05, 0) is 128 Å². The van der Waals surface area contributed by atoms with E-state index in [1.165, 1.54) is 0 Å². The molecule has 0 aliphatic rings. The lowest BCUT2D eigenvalue weighted by Crippen LogP contribution is -2.72. The predicted octanol–water partition coefficient (Wildman–Crippen LogP) is 15.6. The highest BCUT2D eigenvalue weighted by Crippen LogP contribution is 2.67. The smallest absolute Gasteiger partial charge is 0.224 e. The van der Waals surface area contributed by atoms with Gasteiger partial charge >= 0.3 is 0 Å². The zero-order chi connectivity index (χ0) is 42.5. The van der Waals surface area contributed by atoms with Gasteiger partial charge in [0.05, 0.1) is 22.0 Å². The van der Waals surface area contributed by atoms with E-state index in [0.29, 0.717) is 18.8 Å². The van der Waals surface area contributed by atoms with Crippen molar-refractivity contribution in [3.05, 3.63) is 0 Å². The number of hydrogen-bond acceptors (Lipinski definition) is 5. The third-order valence-electron chi connectivity index (χ3n) is 17.1. The van der Waals surface area contributed by atoms with E-state index < -0.39 is 25.0 Å². The van der Waals surface area contributed by atoms with Crippen molar-refractivity contribution in [2.45, 2.75) is 277 Å². The molecule has 0 aromatic rings. The quantitative estimate of drug-likeness (QED) is 0.0652. The molecule has 0 heterocycles. The molecule has 0 spiro atoms. The summed E-state index contributed by atoms with van der Waals surface area (Å²) in [6.45, 7) is 52.3. The molecule has 0 saturated heterocycles. The van der Waals surface area contributed by atoms with Crippen molar-refractivity contribution in [3.63, 3.8) is 0 Å². The highest BCUT2D eigenvalue weighted by molar-refractivity contribution is 6.79. The van der Waals surface area contributed by atoms with Gasteiger partial charge in [-0.25, -0.2) is 0 Å². The number of rotatable bonds is 31. The maximum Gasteiger partial charge on any atom is 0.224 e. The van der Waals surface area contributed by atoms with Crippen LogP contribution < -0.4 is 0 Å². The van der Waals surface area contributed by atoms with Crippen LogP contribution in [0.5, 0.6) is 0 Å². The highest BCUT2D eigenvalue weighted by atomic mass is 28.4. The minimum atomic E-state index is -2.86. The van der Waals surface area contributed by atoms with E-state index in [4.69, 9.17) is 22.8 Å². The first-order chi connectivity index (χ1) is 25.2. The molecule has 4 atom stereocenters. The van der Waals surface area contributed by atoms with Gasteiger partial charge in [-0.15, -0.1) is 0 Å². The first-order valence-corrected chi connectivity index (χ1v) is 31.3. The van der Waals surface area contributed by atoms with E-state index in [2.05, 4.69) is 144 Å². The molecule has 8 heteroatoms. The van der Waals surface area contributed by atoms with E-state index in [1.54, 1.807) is 0 Å². The number of hydrogen-bond donors (Lipinski definition) is 0. The van der Waals surface area contributed by atoms with Gasteiger partial charge in [0.1, 0.15) is 0 Å². The van der Waals surface area contributed by atoms with Crippen LogP contribution >= 0.6 is 0 Å². The third kappa shape index (κ3) is 9.11. The Kier molecular flexibility index (Phi) is 22.3. The van der Waals surface area contributed by atoms with Gasteiger partial charge < -0.3 is 22.8 Å². The summed E-state index contributed by atoms with van der Waals surface area (Å²) < 4.78 is 37.9.